The number of aryl methyl sites for hydroxylation is 2. The zero-order valence-corrected chi connectivity index (χ0v) is 21.6. The van der Waals surface area contributed by atoms with E-state index in [9.17, 15) is 9.59 Å². The Morgan fingerprint density at radius 1 is 1.17 bits per heavy atom. The fraction of sp³-hybridized carbons (Fsp3) is 0.154. The van der Waals surface area contributed by atoms with Crippen LogP contribution in [0.25, 0.3) is 31.6 Å². The Balaban J connectivity index is 1.40. The van der Waals surface area contributed by atoms with Gasteiger partial charge in [0.25, 0.3) is 5.56 Å². The maximum absolute atomic E-state index is 13.5. The molecule has 3 aromatic heterocycles. The smallest absolute Gasteiger partial charge is 0.263 e. The molecule has 0 unspecified atom stereocenters. The summed E-state index contributed by atoms with van der Waals surface area (Å²) in [6, 6.07) is 13.8. The number of thioether (sulfide) groups is 1. The minimum atomic E-state index is -0.165. The lowest BCUT2D eigenvalue weighted by Gasteiger charge is -2.11. The van der Waals surface area contributed by atoms with Gasteiger partial charge in [0, 0.05) is 23.2 Å². The van der Waals surface area contributed by atoms with Gasteiger partial charge in [0.2, 0.25) is 5.91 Å². The fourth-order valence-corrected chi connectivity index (χ4v) is 6.46. The Morgan fingerprint density at radius 3 is 2.74 bits per heavy atom. The van der Waals surface area contributed by atoms with Gasteiger partial charge < -0.3 is 5.32 Å². The molecule has 0 bridgehead atoms. The van der Waals surface area contributed by atoms with Crippen molar-refractivity contribution in [2.75, 3.05) is 11.1 Å². The average Bonchev–Trinajstić information content (AvgIpc) is 3.42. The van der Waals surface area contributed by atoms with Crippen LogP contribution in [0.1, 0.15) is 10.6 Å². The van der Waals surface area contributed by atoms with Gasteiger partial charge in [-0.3, -0.25) is 14.2 Å². The molecule has 0 spiro atoms. The first kappa shape index (κ1) is 23.5. The van der Waals surface area contributed by atoms with Crippen molar-refractivity contribution in [1.29, 1.82) is 0 Å². The third-order valence-electron chi connectivity index (χ3n) is 5.44. The molecule has 2 aromatic carbocycles. The van der Waals surface area contributed by atoms with Crippen LogP contribution in [0.15, 0.2) is 70.5 Å². The zero-order valence-electron chi connectivity index (χ0n) is 19.2. The van der Waals surface area contributed by atoms with Gasteiger partial charge in [0.05, 0.1) is 26.4 Å². The van der Waals surface area contributed by atoms with E-state index < -0.39 is 0 Å². The average molecular weight is 519 g/mol. The number of anilines is 1. The van der Waals surface area contributed by atoms with Crippen LogP contribution >= 0.6 is 34.4 Å². The predicted molar refractivity (Wildman–Crippen MR) is 148 cm³/mol. The quantitative estimate of drug-likeness (QED) is 0.156. The third kappa shape index (κ3) is 4.80. The number of allylic oxidation sites excluding steroid dienone is 1. The number of hydrogen-bond acceptors (Lipinski definition) is 7. The van der Waals surface area contributed by atoms with Gasteiger partial charge in [0.1, 0.15) is 4.83 Å². The summed E-state index contributed by atoms with van der Waals surface area (Å²) in [6.45, 7) is 8.11. The highest BCUT2D eigenvalue weighted by Gasteiger charge is 2.18. The second-order valence-corrected chi connectivity index (χ2v) is 11.1. The fourth-order valence-electron chi connectivity index (χ4n) is 3.80. The van der Waals surface area contributed by atoms with Crippen LogP contribution in [0.5, 0.6) is 0 Å². The van der Waals surface area contributed by atoms with Crippen LogP contribution in [-0.4, -0.2) is 26.2 Å². The minimum Gasteiger partial charge on any atom is -0.325 e. The number of amides is 1. The Hall–Kier alpha value is -3.27. The number of nitrogens with one attached hydrogen (secondary N) is 1. The molecule has 6 nitrogen and oxygen atoms in total. The molecule has 0 atom stereocenters. The van der Waals surface area contributed by atoms with Crippen molar-refractivity contribution in [3.05, 3.63) is 81.4 Å². The highest BCUT2D eigenvalue weighted by molar-refractivity contribution is 7.99. The van der Waals surface area contributed by atoms with Gasteiger partial charge in [-0.1, -0.05) is 47.7 Å². The first-order valence-corrected chi connectivity index (χ1v) is 13.6. The monoisotopic (exact) mass is 518 g/mol. The molecule has 0 fully saturated rings. The molecule has 1 amide bonds. The molecule has 0 saturated carbocycles. The summed E-state index contributed by atoms with van der Waals surface area (Å²) in [5, 5.41) is 6.99. The van der Waals surface area contributed by atoms with Crippen molar-refractivity contribution in [2.24, 2.45) is 0 Å². The highest BCUT2D eigenvalue weighted by Crippen LogP contribution is 2.32. The third-order valence-corrected chi connectivity index (χ3v) is 8.23. The number of thiophene rings is 1. The molecule has 0 saturated heterocycles. The summed E-state index contributed by atoms with van der Waals surface area (Å²) in [6.07, 6.45) is 1.67. The van der Waals surface area contributed by atoms with Gasteiger partial charge >= 0.3 is 0 Å². The van der Waals surface area contributed by atoms with Crippen molar-refractivity contribution in [1.82, 2.24) is 14.5 Å². The first-order valence-electron chi connectivity index (χ1n) is 10.9. The predicted octanol–water partition coefficient (Wildman–Crippen LogP) is 6.27. The van der Waals surface area contributed by atoms with Crippen LogP contribution in [0.4, 0.5) is 5.69 Å². The summed E-state index contributed by atoms with van der Waals surface area (Å²) < 4.78 is 2.62. The van der Waals surface area contributed by atoms with E-state index in [0.29, 0.717) is 21.9 Å². The molecule has 0 aliphatic rings. The Bertz CT molecular complexity index is 1630. The van der Waals surface area contributed by atoms with Crippen molar-refractivity contribution < 1.29 is 4.79 Å². The Morgan fingerprint density at radius 2 is 1.97 bits per heavy atom. The second-order valence-electron chi connectivity index (χ2n) is 8.05. The summed E-state index contributed by atoms with van der Waals surface area (Å²) >= 11 is 4.28. The van der Waals surface area contributed by atoms with Gasteiger partial charge in [0.15, 0.2) is 5.16 Å². The van der Waals surface area contributed by atoms with E-state index in [2.05, 4.69) is 16.9 Å². The Kier molecular flexibility index (Phi) is 6.55. The number of aromatic nitrogens is 3. The number of rotatable bonds is 7. The second kappa shape index (κ2) is 9.77. The lowest BCUT2D eigenvalue weighted by atomic mass is 10.1. The number of benzene rings is 2. The minimum absolute atomic E-state index is 0.124. The molecular weight excluding hydrogens is 497 g/mol. The molecule has 5 aromatic rings. The number of nitrogens with zero attached hydrogens (tertiary/aromatic N) is 3. The van der Waals surface area contributed by atoms with Gasteiger partial charge in [-0.25, -0.2) is 9.97 Å². The number of hydrogen-bond donors (Lipinski definition) is 1. The van der Waals surface area contributed by atoms with E-state index in [1.54, 1.807) is 22.0 Å². The maximum atomic E-state index is 13.5. The highest BCUT2D eigenvalue weighted by atomic mass is 32.2. The van der Waals surface area contributed by atoms with E-state index in [4.69, 9.17) is 4.98 Å². The van der Waals surface area contributed by atoms with Gasteiger partial charge in [-0.2, -0.15) is 0 Å². The summed E-state index contributed by atoms with van der Waals surface area (Å²) in [7, 11) is 0. The molecule has 3 heterocycles. The molecular formula is C26H22N4O2S3. The van der Waals surface area contributed by atoms with Crippen molar-refractivity contribution in [2.45, 2.75) is 25.5 Å². The molecule has 0 aliphatic carbocycles. The lowest BCUT2D eigenvalue weighted by molar-refractivity contribution is -0.113. The molecule has 1 N–H and O–H groups in total. The summed E-state index contributed by atoms with van der Waals surface area (Å²) in [5.41, 5.74) is 4.55. The van der Waals surface area contributed by atoms with Crippen LogP contribution in [0.2, 0.25) is 0 Å². The van der Waals surface area contributed by atoms with Gasteiger partial charge in [-0.15, -0.1) is 29.3 Å². The van der Waals surface area contributed by atoms with Crippen LogP contribution in [0.3, 0.4) is 0 Å². The van der Waals surface area contributed by atoms with E-state index in [1.807, 2.05) is 61.7 Å². The topological polar surface area (TPSA) is 76.9 Å². The summed E-state index contributed by atoms with van der Waals surface area (Å²) in [4.78, 5) is 36.0. The van der Waals surface area contributed by atoms with E-state index in [1.165, 1.54) is 23.1 Å². The van der Waals surface area contributed by atoms with Crippen LogP contribution in [-0.2, 0) is 11.3 Å². The van der Waals surface area contributed by atoms with Crippen molar-refractivity contribution in [3.8, 4) is 11.1 Å². The first-order chi connectivity index (χ1) is 16.9. The van der Waals surface area contributed by atoms with Crippen LogP contribution < -0.4 is 10.9 Å². The van der Waals surface area contributed by atoms with Gasteiger partial charge in [-0.05, 0) is 37.6 Å². The normalized spacial score (nSPS) is 11.3. The van der Waals surface area contributed by atoms with E-state index >= 15 is 0 Å². The molecule has 0 radical (unpaired) electrons. The SMILES string of the molecule is C=CCn1c(SCC(=O)Nc2ccc3nc(C)sc3c2)nc2scc(-c3ccc(C)cc3)c2c1=O. The number of fused-ring (bicyclic) bond motifs is 2. The number of thiazole rings is 1. The van der Waals surface area contributed by atoms with Crippen molar-refractivity contribution in [3.63, 3.8) is 0 Å². The lowest BCUT2D eigenvalue weighted by Crippen LogP contribution is -2.23. The van der Waals surface area contributed by atoms with E-state index in [-0.39, 0.29) is 17.2 Å². The number of carbonyl (C=O) groups is 1. The maximum Gasteiger partial charge on any atom is 0.263 e. The molecule has 35 heavy (non-hydrogen) atoms. The molecule has 176 valence electrons. The standard InChI is InChI=1S/C26H22N4O2S3/c1-4-11-30-25(32)23-19(17-7-5-15(2)6-8-17)13-33-24(23)29-26(30)34-14-22(31)28-18-9-10-20-21(12-18)35-16(3)27-20/h4-10,12-13H,1,11,14H2,2-3H3,(H,28,31). The van der Waals surface area contributed by atoms with Crippen LogP contribution in [0, 0.1) is 13.8 Å². The van der Waals surface area contributed by atoms with Crippen molar-refractivity contribution >= 4 is 66.5 Å². The Labute approximate surface area is 214 Å². The largest absolute Gasteiger partial charge is 0.325 e. The number of carbonyl (C=O) groups excluding carboxylic acids is 1. The molecule has 0 aliphatic heterocycles. The van der Waals surface area contributed by atoms with E-state index in [0.717, 1.165) is 37.6 Å². The molecule has 9 heteroatoms. The zero-order chi connectivity index (χ0) is 24.5. The summed E-state index contributed by atoms with van der Waals surface area (Å²) in [5.74, 6) is -0.0352. The molecule has 5 rings (SSSR count).